The molecule has 35 heavy (non-hydrogen) atoms. The molecule has 2 aliphatic heterocycles. The second-order valence-electron chi connectivity index (χ2n) is 8.61. The van der Waals surface area contributed by atoms with E-state index in [1.165, 1.54) is 16.2 Å². The zero-order valence-electron chi connectivity index (χ0n) is 19.3. The number of Topliss-reactive ketones (excluding diaryl/α,β-unsaturated/α-hetero) is 1. The first-order valence-corrected chi connectivity index (χ1v) is 14.1. The number of halogens is 1. The Morgan fingerprint density at radius 1 is 1.31 bits per heavy atom. The van der Waals surface area contributed by atoms with Gasteiger partial charge in [0.25, 0.3) is 0 Å². The lowest BCUT2D eigenvalue weighted by Gasteiger charge is -2.32. The predicted octanol–water partition coefficient (Wildman–Crippen LogP) is 2.45. The molecule has 1 amide bonds. The number of morpholine rings is 1. The van der Waals surface area contributed by atoms with Gasteiger partial charge in [-0.2, -0.15) is 4.72 Å². The fraction of sp³-hybridized carbons (Fsp3) is 0.417. The van der Waals surface area contributed by atoms with Gasteiger partial charge in [0.05, 0.1) is 22.4 Å². The lowest BCUT2D eigenvalue weighted by molar-refractivity contribution is -0.144. The number of likely N-dealkylation sites (tertiary alicyclic amines) is 1. The summed E-state index contributed by atoms with van der Waals surface area (Å²) in [5, 5.41) is 4.26. The van der Waals surface area contributed by atoms with Crippen LogP contribution in [0.25, 0.3) is 5.57 Å². The van der Waals surface area contributed by atoms with E-state index in [9.17, 15) is 18.0 Å². The smallest absolute Gasteiger partial charge is 0.241 e. The van der Waals surface area contributed by atoms with Crippen LogP contribution in [0.3, 0.4) is 0 Å². The summed E-state index contributed by atoms with van der Waals surface area (Å²) < 4.78 is 34.3. The van der Waals surface area contributed by atoms with Crippen LogP contribution >= 0.6 is 22.9 Å². The van der Waals surface area contributed by atoms with Crippen molar-refractivity contribution in [1.29, 1.82) is 0 Å². The maximum Gasteiger partial charge on any atom is 0.241 e. The molecule has 2 aliphatic rings. The number of rotatable bonds is 9. The van der Waals surface area contributed by atoms with E-state index in [1.54, 1.807) is 19.1 Å². The number of nitrogens with zero attached hydrogens (tertiary/aromatic N) is 1. The zero-order valence-corrected chi connectivity index (χ0v) is 21.7. The van der Waals surface area contributed by atoms with E-state index in [1.807, 2.05) is 30.3 Å². The highest BCUT2D eigenvalue weighted by Gasteiger charge is 2.42. The van der Waals surface area contributed by atoms with Crippen LogP contribution in [0.1, 0.15) is 23.8 Å². The van der Waals surface area contributed by atoms with E-state index in [-0.39, 0.29) is 18.7 Å². The van der Waals surface area contributed by atoms with E-state index in [4.69, 9.17) is 16.3 Å². The molecule has 1 aromatic carbocycles. The van der Waals surface area contributed by atoms with Crippen molar-refractivity contribution in [2.75, 3.05) is 26.2 Å². The number of carbonyl (C=O) groups is 2. The summed E-state index contributed by atoms with van der Waals surface area (Å²) in [7, 11) is -3.90. The second kappa shape index (κ2) is 11.3. The minimum atomic E-state index is -3.90. The molecule has 2 N–H and O–H groups in total. The van der Waals surface area contributed by atoms with Crippen LogP contribution in [-0.4, -0.2) is 69.4 Å². The number of nitrogens with one attached hydrogen (secondary N) is 2. The first-order chi connectivity index (χ1) is 16.7. The number of amides is 1. The number of hydrogen-bond acceptors (Lipinski definition) is 7. The van der Waals surface area contributed by atoms with Gasteiger partial charge in [0.1, 0.15) is 12.1 Å². The summed E-state index contributed by atoms with van der Waals surface area (Å²) in [5.74, 6) is -0.583. The first kappa shape index (κ1) is 26.0. The number of ether oxygens (including phenoxy) is 1. The molecular formula is C24H28ClN3O5S2. The fourth-order valence-corrected chi connectivity index (χ4v) is 6.70. The Kier molecular flexibility index (Phi) is 8.41. The molecule has 3 heterocycles. The number of carbonyl (C=O) groups excluding carboxylic acids is 2. The van der Waals surface area contributed by atoms with Crippen molar-refractivity contribution in [2.24, 2.45) is 0 Å². The van der Waals surface area contributed by atoms with Gasteiger partial charge in [0.2, 0.25) is 15.9 Å². The van der Waals surface area contributed by atoms with Gasteiger partial charge in [0.15, 0.2) is 5.78 Å². The topological polar surface area (TPSA) is 105 Å². The average molecular weight is 538 g/mol. The zero-order chi connectivity index (χ0) is 25.0. The first-order valence-electron chi connectivity index (χ1n) is 11.4. The summed E-state index contributed by atoms with van der Waals surface area (Å²) in [5.41, 5.74) is 1.44. The summed E-state index contributed by atoms with van der Waals surface area (Å²) >= 11 is 7.23. The summed E-state index contributed by atoms with van der Waals surface area (Å²) in [6.07, 6.45) is -0.0368. The number of ketones is 1. The van der Waals surface area contributed by atoms with Crippen molar-refractivity contribution in [3.8, 4) is 0 Å². The Balaban J connectivity index is 1.50. The lowest BCUT2D eigenvalue weighted by Crippen LogP contribution is -2.54. The molecule has 188 valence electrons. The van der Waals surface area contributed by atoms with Crippen LogP contribution < -0.4 is 10.0 Å². The van der Waals surface area contributed by atoms with E-state index >= 15 is 0 Å². The Morgan fingerprint density at radius 2 is 2.09 bits per heavy atom. The van der Waals surface area contributed by atoms with Gasteiger partial charge in [0, 0.05) is 30.9 Å². The van der Waals surface area contributed by atoms with Crippen molar-refractivity contribution in [3.05, 3.63) is 62.6 Å². The minimum absolute atomic E-state index is 0.178. The maximum absolute atomic E-state index is 13.4. The predicted molar refractivity (Wildman–Crippen MR) is 137 cm³/mol. The fourth-order valence-electron chi connectivity index (χ4n) is 4.33. The molecule has 3 atom stereocenters. The molecular weight excluding hydrogens is 510 g/mol. The minimum Gasteiger partial charge on any atom is -0.368 e. The van der Waals surface area contributed by atoms with E-state index < -0.39 is 34.1 Å². The van der Waals surface area contributed by atoms with E-state index in [0.29, 0.717) is 36.0 Å². The SMILES string of the molecule is CC(=CS(=O)(=O)N[C@H]1CCN([C@@H](Cc2ccccc2)C(=O)C2CNCCO2)C1=O)c1ccc(Cl)s1. The van der Waals surface area contributed by atoms with Gasteiger partial charge >= 0.3 is 0 Å². The standard InChI is InChI=1S/C24H28ClN3O5S2/c1-16(21-7-8-22(25)34-21)15-35(31,32)27-18-9-11-28(24(18)30)19(13-17-5-3-2-4-6-17)23(29)20-14-26-10-12-33-20/h2-8,15,18-20,26-27H,9-14H2,1H3/t18-,19-,20?/m0/s1. The van der Waals surface area contributed by atoms with Crippen LogP contribution in [-0.2, 0) is 30.8 Å². The third-order valence-electron chi connectivity index (χ3n) is 6.06. The molecule has 1 unspecified atom stereocenters. The Morgan fingerprint density at radius 3 is 2.74 bits per heavy atom. The molecule has 0 saturated carbocycles. The number of thiophene rings is 1. The molecule has 0 radical (unpaired) electrons. The largest absolute Gasteiger partial charge is 0.368 e. The van der Waals surface area contributed by atoms with Gasteiger partial charge < -0.3 is 15.0 Å². The molecule has 4 rings (SSSR count). The molecule has 0 bridgehead atoms. The van der Waals surface area contributed by atoms with Crippen LogP contribution in [0.4, 0.5) is 0 Å². The number of allylic oxidation sites excluding steroid dienone is 1. The van der Waals surface area contributed by atoms with Crippen molar-refractivity contribution >= 4 is 50.2 Å². The third kappa shape index (κ3) is 6.58. The van der Waals surface area contributed by atoms with Gasteiger partial charge in [-0.3, -0.25) is 9.59 Å². The van der Waals surface area contributed by atoms with Crippen molar-refractivity contribution in [1.82, 2.24) is 14.9 Å². The highest BCUT2D eigenvalue weighted by Crippen LogP contribution is 2.28. The normalized spacial score (nSPS) is 22.4. The van der Waals surface area contributed by atoms with Crippen LogP contribution in [0.15, 0.2) is 47.9 Å². The van der Waals surface area contributed by atoms with E-state index in [0.717, 1.165) is 15.8 Å². The highest BCUT2D eigenvalue weighted by molar-refractivity contribution is 7.92. The Bertz CT molecular complexity index is 1190. The van der Waals surface area contributed by atoms with Gasteiger partial charge in [-0.05, 0) is 36.6 Å². The molecule has 8 nitrogen and oxygen atoms in total. The van der Waals surface area contributed by atoms with E-state index in [2.05, 4.69) is 10.0 Å². The number of hydrogen-bond donors (Lipinski definition) is 2. The Labute approximate surface area is 214 Å². The van der Waals surface area contributed by atoms with Crippen LogP contribution in [0.2, 0.25) is 4.34 Å². The second-order valence-corrected chi connectivity index (χ2v) is 11.9. The molecule has 1 aromatic heterocycles. The number of sulfonamides is 1. The maximum atomic E-state index is 13.4. The quantitative estimate of drug-likeness (QED) is 0.509. The number of benzene rings is 1. The molecule has 11 heteroatoms. The van der Waals surface area contributed by atoms with Crippen LogP contribution in [0, 0.1) is 0 Å². The summed E-state index contributed by atoms with van der Waals surface area (Å²) in [6, 6.07) is 11.2. The van der Waals surface area contributed by atoms with Crippen LogP contribution in [0.5, 0.6) is 0 Å². The Hall–Kier alpha value is -2.08. The molecule has 2 saturated heterocycles. The molecule has 0 spiro atoms. The monoisotopic (exact) mass is 537 g/mol. The lowest BCUT2D eigenvalue weighted by atomic mass is 9.97. The molecule has 0 aliphatic carbocycles. The molecule has 2 fully saturated rings. The van der Waals surface area contributed by atoms with Gasteiger partial charge in [-0.1, -0.05) is 41.9 Å². The molecule has 2 aromatic rings. The van der Waals surface area contributed by atoms with Crippen molar-refractivity contribution in [3.63, 3.8) is 0 Å². The summed E-state index contributed by atoms with van der Waals surface area (Å²) in [6.45, 7) is 3.44. The van der Waals surface area contributed by atoms with Crippen molar-refractivity contribution < 1.29 is 22.7 Å². The average Bonchev–Trinajstić information content (AvgIpc) is 3.43. The van der Waals surface area contributed by atoms with Crippen molar-refractivity contribution in [2.45, 2.75) is 38.0 Å². The van der Waals surface area contributed by atoms with Gasteiger partial charge in [-0.15, -0.1) is 11.3 Å². The third-order valence-corrected chi connectivity index (χ3v) is 8.71. The highest BCUT2D eigenvalue weighted by atomic mass is 35.5. The van der Waals surface area contributed by atoms with Gasteiger partial charge in [-0.25, -0.2) is 8.42 Å². The summed E-state index contributed by atoms with van der Waals surface area (Å²) in [4.78, 5) is 29.0.